The molecule has 130 valence electrons. The van der Waals surface area contributed by atoms with Crippen LogP contribution in [0.2, 0.25) is 0 Å². The van der Waals surface area contributed by atoms with Gasteiger partial charge >= 0.3 is 0 Å². The highest BCUT2D eigenvalue weighted by Gasteiger charge is 2.42. The Hall–Kier alpha value is -2.85. The third kappa shape index (κ3) is 2.72. The van der Waals surface area contributed by atoms with E-state index in [-0.39, 0.29) is 12.1 Å². The summed E-state index contributed by atoms with van der Waals surface area (Å²) in [6.45, 7) is 0.781. The molecule has 0 bridgehead atoms. The Kier molecular flexibility index (Phi) is 3.83. The van der Waals surface area contributed by atoms with E-state index < -0.39 is 0 Å². The van der Waals surface area contributed by atoms with Crippen LogP contribution in [0.3, 0.4) is 0 Å². The molecule has 5 rings (SSSR count). The van der Waals surface area contributed by atoms with Crippen LogP contribution in [0.25, 0.3) is 0 Å². The number of rotatable bonds is 3. The van der Waals surface area contributed by atoms with Gasteiger partial charge < -0.3 is 14.8 Å². The molecule has 0 radical (unpaired) electrons. The molecule has 1 aromatic heterocycles. The van der Waals surface area contributed by atoms with E-state index in [0.717, 1.165) is 35.9 Å². The van der Waals surface area contributed by atoms with E-state index in [1.165, 1.54) is 5.56 Å². The fraction of sp³-hybridized carbons (Fsp3) is 0.227. The predicted molar refractivity (Wildman–Crippen MR) is 100 cm³/mol. The number of anilines is 1. The van der Waals surface area contributed by atoms with Crippen molar-refractivity contribution in [2.24, 2.45) is 5.92 Å². The van der Waals surface area contributed by atoms with Gasteiger partial charge in [0.2, 0.25) is 0 Å². The van der Waals surface area contributed by atoms with Crippen molar-refractivity contribution in [2.75, 3.05) is 11.9 Å². The molecule has 4 heteroatoms. The second-order valence-electron chi connectivity index (χ2n) is 6.78. The predicted octanol–water partition coefficient (Wildman–Crippen LogP) is 5.12. The van der Waals surface area contributed by atoms with Crippen LogP contribution in [-0.4, -0.2) is 11.6 Å². The summed E-state index contributed by atoms with van der Waals surface area (Å²) in [6.07, 6.45) is 2.97. The van der Waals surface area contributed by atoms with Crippen LogP contribution in [0.1, 0.15) is 29.8 Å². The zero-order chi connectivity index (χ0) is 17.3. The zero-order valence-electron chi connectivity index (χ0n) is 14.3. The molecule has 3 atom stereocenters. The van der Waals surface area contributed by atoms with E-state index in [2.05, 4.69) is 28.5 Å². The smallest absolute Gasteiger partial charge is 0.127 e. The minimum Gasteiger partial charge on any atom is -0.457 e. The number of hydrogen-bond acceptors (Lipinski definition) is 4. The average molecular weight is 344 g/mol. The van der Waals surface area contributed by atoms with E-state index in [1.54, 1.807) is 0 Å². The number of pyridine rings is 1. The van der Waals surface area contributed by atoms with Crippen molar-refractivity contribution < 1.29 is 9.47 Å². The van der Waals surface area contributed by atoms with Gasteiger partial charge in [0.25, 0.3) is 0 Å². The molecule has 4 nitrogen and oxygen atoms in total. The first-order valence-electron chi connectivity index (χ1n) is 9.04. The van der Waals surface area contributed by atoms with Gasteiger partial charge in [-0.3, -0.25) is 4.98 Å². The molecule has 2 aliphatic rings. The molecular formula is C22H20N2O2. The van der Waals surface area contributed by atoms with Gasteiger partial charge in [0.15, 0.2) is 0 Å². The van der Waals surface area contributed by atoms with E-state index in [0.29, 0.717) is 5.92 Å². The topological polar surface area (TPSA) is 43.4 Å². The Bertz CT molecular complexity index is 899. The highest BCUT2D eigenvalue weighted by atomic mass is 16.5. The number of ether oxygens (including phenoxy) is 2. The largest absolute Gasteiger partial charge is 0.457 e. The molecule has 1 fully saturated rings. The van der Waals surface area contributed by atoms with Gasteiger partial charge in [0.1, 0.15) is 11.5 Å². The standard InChI is InChI=1S/C22H20N2O2/c1-2-6-15(7-3-1)26-16-9-10-19-18(14-16)22-17(11-13-25-22)21(24-19)20-8-4-5-12-23-20/h1-10,12,14,17,21-22,24H,11,13H2. The number of aromatic nitrogens is 1. The normalized spacial score (nSPS) is 23.6. The summed E-state index contributed by atoms with van der Waals surface area (Å²) in [5, 5.41) is 3.68. The first-order chi connectivity index (χ1) is 12.9. The molecule has 1 N–H and O–H groups in total. The lowest BCUT2D eigenvalue weighted by molar-refractivity contribution is 0.0824. The van der Waals surface area contributed by atoms with E-state index in [9.17, 15) is 0 Å². The summed E-state index contributed by atoms with van der Waals surface area (Å²) >= 11 is 0. The fourth-order valence-corrected chi connectivity index (χ4v) is 3.99. The summed E-state index contributed by atoms with van der Waals surface area (Å²) in [7, 11) is 0. The minimum absolute atomic E-state index is 0.0811. The molecule has 0 saturated carbocycles. The van der Waals surface area contributed by atoms with Gasteiger partial charge in [-0.1, -0.05) is 24.3 Å². The second-order valence-corrected chi connectivity index (χ2v) is 6.78. The van der Waals surface area contributed by atoms with Crippen molar-refractivity contribution in [2.45, 2.75) is 18.6 Å². The first kappa shape index (κ1) is 15.4. The van der Waals surface area contributed by atoms with Crippen molar-refractivity contribution in [3.8, 4) is 11.5 Å². The van der Waals surface area contributed by atoms with Gasteiger partial charge in [-0.25, -0.2) is 0 Å². The lowest BCUT2D eigenvalue weighted by Gasteiger charge is -2.36. The van der Waals surface area contributed by atoms with Gasteiger partial charge in [-0.2, -0.15) is 0 Å². The SMILES string of the molecule is c1ccc(Oc2ccc3c(c2)C2OCCC2C(c2ccccn2)N3)cc1. The molecule has 2 aliphatic heterocycles. The van der Waals surface area contributed by atoms with Crippen LogP contribution in [-0.2, 0) is 4.74 Å². The van der Waals surface area contributed by atoms with E-state index in [4.69, 9.17) is 9.47 Å². The van der Waals surface area contributed by atoms with Crippen LogP contribution < -0.4 is 10.1 Å². The average Bonchev–Trinajstić information content (AvgIpc) is 3.19. The highest BCUT2D eigenvalue weighted by Crippen LogP contribution is 2.50. The van der Waals surface area contributed by atoms with Crippen molar-refractivity contribution in [3.63, 3.8) is 0 Å². The van der Waals surface area contributed by atoms with Crippen LogP contribution >= 0.6 is 0 Å². The zero-order valence-corrected chi connectivity index (χ0v) is 14.3. The third-order valence-corrected chi connectivity index (χ3v) is 5.19. The summed E-state index contributed by atoms with van der Waals surface area (Å²) in [5.74, 6) is 2.05. The van der Waals surface area contributed by atoms with E-state index in [1.807, 2.05) is 54.7 Å². The molecule has 0 aliphatic carbocycles. The van der Waals surface area contributed by atoms with Gasteiger partial charge in [-0.15, -0.1) is 0 Å². The summed E-state index contributed by atoms with van der Waals surface area (Å²) in [4.78, 5) is 4.57. The molecule has 3 heterocycles. The van der Waals surface area contributed by atoms with Gasteiger partial charge in [-0.05, 0) is 48.9 Å². The summed E-state index contributed by atoms with van der Waals surface area (Å²) in [6, 6.07) is 22.3. The quantitative estimate of drug-likeness (QED) is 0.716. The molecule has 0 amide bonds. The molecule has 2 aromatic carbocycles. The van der Waals surface area contributed by atoms with Crippen molar-refractivity contribution in [3.05, 3.63) is 84.2 Å². The van der Waals surface area contributed by atoms with E-state index >= 15 is 0 Å². The van der Waals surface area contributed by atoms with Crippen molar-refractivity contribution in [1.82, 2.24) is 4.98 Å². The number of nitrogens with zero attached hydrogens (tertiary/aromatic N) is 1. The lowest BCUT2D eigenvalue weighted by atomic mass is 9.82. The minimum atomic E-state index is 0.0811. The number of para-hydroxylation sites is 1. The van der Waals surface area contributed by atoms with Crippen LogP contribution in [0.4, 0.5) is 5.69 Å². The fourth-order valence-electron chi connectivity index (χ4n) is 3.99. The first-order valence-corrected chi connectivity index (χ1v) is 9.04. The number of fused-ring (bicyclic) bond motifs is 3. The molecule has 3 unspecified atom stereocenters. The Morgan fingerprint density at radius 2 is 1.85 bits per heavy atom. The third-order valence-electron chi connectivity index (χ3n) is 5.19. The molecule has 1 saturated heterocycles. The summed E-state index contributed by atoms with van der Waals surface area (Å²) in [5.41, 5.74) is 3.35. The Morgan fingerprint density at radius 1 is 0.962 bits per heavy atom. The monoisotopic (exact) mass is 344 g/mol. The molecule has 0 spiro atoms. The lowest BCUT2D eigenvalue weighted by Crippen LogP contribution is -2.29. The maximum absolute atomic E-state index is 6.12. The maximum Gasteiger partial charge on any atom is 0.127 e. The molecule has 26 heavy (non-hydrogen) atoms. The number of benzene rings is 2. The number of hydrogen-bond donors (Lipinski definition) is 1. The van der Waals surface area contributed by atoms with Gasteiger partial charge in [0, 0.05) is 30.0 Å². The Labute approximate surface area is 152 Å². The number of nitrogens with one attached hydrogen (secondary N) is 1. The molecule has 3 aromatic rings. The maximum atomic E-state index is 6.12. The second kappa shape index (κ2) is 6.46. The van der Waals surface area contributed by atoms with Crippen LogP contribution in [0, 0.1) is 5.92 Å². The van der Waals surface area contributed by atoms with Crippen molar-refractivity contribution in [1.29, 1.82) is 0 Å². The molecular weight excluding hydrogens is 324 g/mol. The highest BCUT2D eigenvalue weighted by molar-refractivity contribution is 5.59. The van der Waals surface area contributed by atoms with Gasteiger partial charge in [0.05, 0.1) is 17.8 Å². The van der Waals surface area contributed by atoms with Crippen molar-refractivity contribution >= 4 is 5.69 Å². The Balaban J connectivity index is 1.48. The summed E-state index contributed by atoms with van der Waals surface area (Å²) < 4.78 is 12.1. The van der Waals surface area contributed by atoms with Crippen LogP contribution in [0.15, 0.2) is 72.9 Å². The Morgan fingerprint density at radius 3 is 2.69 bits per heavy atom. The van der Waals surface area contributed by atoms with Crippen LogP contribution in [0.5, 0.6) is 11.5 Å².